The quantitative estimate of drug-likeness (QED) is 0.554. The molecular weight excluding hydrogens is 338 g/mol. The highest BCUT2D eigenvalue weighted by Crippen LogP contribution is 2.20. The maximum absolute atomic E-state index is 12.8. The van der Waals surface area contributed by atoms with E-state index in [2.05, 4.69) is 15.3 Å². The summed E-state index contributed by atoms with van der Waals surface area (Å²) >= 11 is 0. The van der Waals surface area contributed by atoms with Gasteiger partial charge in [0.2, 0.25) is 0 Å². The second-order valence-corrected chi connectivity index (χ2v) is 5.43. The van der Waals surface area contributed by atoms with E-state index in [9.17, 15) is 14.7 Å². The van der Waals surface area contributed by atoms with Crippen LogP contribution >= 0.6 is 0 Å². The van der Waals surface area contributed by atoms with Crippen molar-refractivity contribution in [3.05, 3.63) is 58.6 Å². The predicted molar refractivity (Wildman–Crippen MR) is 91.5 cm³/mol. The van der Waals surface area contributed by atoms with Crippen molar-refractivity contribution in [1.82, 2.24) is 24.4 Å². The monoisotopic (exact) mass is 351 g/mol. The summed E-state index contributed by atoms with van der Waals surface area (Å²) in [5, 5.41) is 22.0. The summed E-state index contributed by atoms with van der Waals surface area (Å²) in [5.74, 6) is -0.592. The van der Waals surface area contributed by atoms with Crippen LogP contribution in [-0.4, -0.2) is 42.1 Å². The number of nitrogens with zero attached hydrogens (tertiary/aromatic N) is 5. The third kappa shape index (κ3) is 2.29. The molecule has 0 spiro atoms. The van der Waals surface area contributed by atoms with Crippen LogP contribution < -0.4 is 5.56 Å². The standard InChI is InChI=1S/C17H13N5O4/c1-2-26-17(25)10-9-18-22-12-7-8-21(11-5-3-4-6-13(11)23)16(24)14(12)19-20-15(10)22/h3-9,23H,2H2,1H3. The number of carbonyl (C=O) groups excluding carboxylic acids is 1. The molecule has 4 aromatic rings. The second kappa shape index (κ2) is 5.96. The van der Waals surface area contributed by atoms with Crippen molar-refractivity contribution >= 4 is 22.6 Å². The molecule has 0 amide bonds. The molecule has 3 heterocycles. The van der Waals surface area contributed by atoms with Crippen molar-refractivity contribution in [2.75, 3.05) is 6.61 Å². The number of benzene rings is 1. The summed E-state index contributed by atoms with van der Waals surface area (Å²) in [6.45, 7) is 1.93. The highest BCUT2D eigenvalue weighted by Gasteiger charge is 2.19. The fourth-order valence-electron chi connectivity index (χ4n) is 2.70. The number of phenolic OH excluding ortho intramolecular Hbond substituents is 1. The Hall–Kier alpha value is -3.75. The summed E-state index contributed by atoms with van der Waals surface area (Å²) in [4.78, 5) is 24.7. The summed E-state index contributed by atoms with van der Waals surface area (Å²) < 4.78 is 7.60. The number of phenols is 1. The smallest absolute Gasteiger partial charge is 0.343 e. The van der Waals surface area contributed by atoms with E-state index in [1.165, 1.54) is 27.5 Å². The Morgan fingerprint density at radius 3 is 2.81 bits per heavy atom. The summed E-state index contributed by atoms with van der Waals surface area (Å²) in [6, 6.07) is 8.09. The summed E-state index contributed by atoms with van der Waals surface area (Å²) in [5.41, 5.74) is 0.686. The Kier molecular flexibility index (Phi) is 3.61. The topological polar surface area (TPSA) is 112 Å². The lowest BCUT2D eigenvalue weighted by Gasteiger charge is -2.08. The van der Waals surface area contributed by atoms with E-state index in [0.717, 1.165) is 0 Å². The summed E-state index contributed by atoms with van der Waals surface area (Å²) in [7, 11) is 0. The molecule has 0 aliphatic rings. The predicted octanol–water partition coefficient (Wildman–Crippen LogP) is 1.31. The van der Waals surface area contributed by atoms with Gasteiger partial charge in [0.25, 0.3) is 5.56 Å². The maximum Gasteiger partial charge on any atom is 0.343 e. The van der Waals surface area contributed by atoms with Crippen molar-refractivity contribution in [2.45, 2.75) is 6.92 Å². The van der Waals surface area contributed by atoms with Crippen molar-refractivity contribution in [2.24, 2.45) is 0 Å². The first-order valence-corrected chi connectivity index (χ1v) is 7.83. The first-order valence-electron chi connectivity index (χ1n) is 7.83. The number of hydrogen-bond donors (Lipinski definition) is 1. The van der Waals surface area contributed by atoms with Crippen molar-refractivity contribution in [3.8, 4) is 11.4 Å². The highest BCUT2D eigenvalue weighted by molar-refractivity contribution is 5.96. The molecule has 0 aliphatic heterocycles. The lowest BCUT2D eigenvalue weighted by Crippen LogP contribution is -2.20. The van der Waals surface area contributed by atoms with E-state index in [0.29, 0.717) is 11.2 Å². The van der Waals surface area contributed by atoms with Gasteiger partial charge in [-0.3, -0.25) is 9.36 Å². The minimum absolute atomic E-state index is 0.0355. The van der Waals surface area contributed by atoms with Gasteiger partial charge in [0.1, 0.15) is 16.8 Å². The van der Waals surface area contributed by atoms with Gasteiger partial charge in [-0.05, 0) is 25.1 Å². The number of hydrogen-bond acceptors (Lipinski definition) is 7. The van der Waals surface area contributed by atoms with Crippen LogP contribution in [0.2, 0.25) is 0 Å². The zero-order chi connectivity index (χ0) is 18.3. The Morgan fingerprint density at radius 2 is 2.04 bits per heavy atom. The largest absolute Gasteiger partial charge is 0.506 e. The van der Waals surface area contributed by atoms with Crippen LogP contribution in [-0.2, 0) is 4.74 Å². The second-order valence-electron chi connectivity index (χ2n) is 5.43. The number of esters is 1. The lowest BCUT2D eigenvalue weighted by molar-refractivity contribution is 0.0528. The van der Waals surface area contributed by atoms with E-state index in [-0.39, 0.29) is 29.1 Å². The maximum atomic E-state index is 12.8. The number of ether oxygens (including phenoxy) is 1. The van der Waals surface area contributed by atoms with Crippen molar-refractivity contribution in [3.63, 3.8) is 0 Å². The van der Waals surface area contributed by atoms with Crippen LogP contribution in [0, 0.1) is 0 Å². The number of pyridine rings is 1. The average molecular weight is 351 g/mol. The van der Waals surface area contributed by atoms with Gasteiger partial charge in [-0.15, -0.1) is 10.2 Å². The first kappa shape index (κ1) is 15.8. The molecular formula is C17H13N5O4. The van der Waals surface area contributed by atoms with Gasteiger partial charge in [-0.2, -0.15) is 5.10 Å². The molecule has 0 radical (unpaired) electrons. The molecule has 0 saturated carbocycles. The van der Waals surface area contributed by atoms with Gasteiger partial charge in [-0.25, -0.2) is 9.31 Å². The molecule has 9 heteroatoms. The lowest BCUT2D eigenvalue weighted by atomic mass is 10.2. The molecule has 4 rings (SSSR count). The van der Waals surface area contributed by atoms with Gasteiger partial charge in [0, 0.05) is 6.20 Å². The number of fused-ring (bicyclic) bond motifs is 3. The van der Waals surface area contributed by atoms with Gasteiger partial charge in [-0.1, -0.05) is 12.1 Å². The molecule has 0 fully saturated rings. The summed E-state index contributed by atoms with van der Waals surface area (Å²) in [6.07, 6.45) is 2.84. The molecule has 0 atom stereocenters. The third-order valence-electron chi connectivity index (χ3n) is 3.90. The molecule has 9 nitrogen and oxygen atoms in total. The molecule has 1 aromatic carbocycles. The van der Waals surface area contributed by atoms with Gasteiger partial charge >= 0.3 is 5.97 Å². The van der Waals surface area contributed by atoms with Crippen molar-refractivity contribution < 1.29 is 14.6 Å². The van der Waals surface area contributed by atoms with E-state index in [1.807, 2.05) is 0 Å². The van der Waals surface area contributed by atoms with Crippen LogP contribution in [0.25, 0.3) is 22.4 Å². The van der Waals surface area contributed by atoms with Crippen LogP contribution in [0.3, 0.4) is 0 Å². The van der Waals surface area contributed by atoms with Crippen LogP contribution in [0.5, 0.6) is 5.75 Å². The number of rotatable bonds is 3. The zero-order valence-electron chi connectivity index (χ0n) is 13.7. The Labute approximate surface area is 146 Å². The minimum atomic E-state index is -0.557. The Bertz CT molecular complexity index is 1210. The van der Waals surface area contributed by atoms with Crippen LogP contribution in [0.1, 0.15) is 17.3 Å². The Morgan fingerprint density at radius 1 is 1.23 bits per heavy atom. The Balaban J connectivity index is 1.95. The molecule has 130 valence electrons. The van der Waals surface area contributed by atoms with Gasteiger partial charge in [0.15, 0.2) is 11.2 Å². The fourth-order valence-corrected chi connectivity index (χ4v) is 2.70. The number of carbonyl (C=O) groups is 1. The van der Waals surface area contributed by atoms with Crippen LogP contribution in [0.15, 0.2) is 47.5 Å². The normalized spacial score (nSPS) is 11.1. The molecule has 0 aliphatic carbocycles. The zero-order valence-corrected chi connectivity index (χ0v) is 13.7. The molecule has 1 N–H and O–H groups in total. The molecule has 0 unspecified atom stereocenters. The number of aromatic nitrogens is 5. The van der Waals surface area contributed by atoms with E-state index >= 15 is 0 Å². The average Bonchev–Trinajstić information content (AvgIpc) is 3.08. The van der Waals surface area contributed by atoms with E-state index in [1.54, 1.807) is 31.2 Å². The highest BCUT2D eigenvalue weighted by atomic mass is 16.5. The number of para-hydroxylation sites is 2. The molecule has 26 heavy (non-hydrogen) atoms. The fraction of sp³-hybridized carbons (Fsp3) is 0.118. The molecule has 0 saturated heterocycles. The SMILES string of the molecule is CCOC(=O)c1cnn2c1nnc1c(=O)n(-c3ccccc3O)ccc12. The molecule has 3 aromatic heterocycles. The third-order valence-corrected chi connectivity index (χ3v) is 3.90. The van der Waals surface area contributed by atoms with E-state index < -0.39 is 11.5 Å². The van der Waals surface area contributed by atoms with Crippen LogP contribution in [0.4, 0.5) is 0 Å². The van der Waals surface area contributed by atoms with Gasteiger partial charge < -0.3 is 9.84 Å². The molecule has 0 bridgehead atoms. The number of aromatic hydroxyl groups is 1. The van der Waals surface area contributed by atoms with E-state index in [4.69, 9.17) is 4.74 Å². The first-order chi connectivity index (χ1) is 12.6. The van der Waals surface area contributed by atoms with Crippen molar-refractivity contribution in [1.29, 1.82) is 0 Å². The minimum Gasteiger partial charge on any atom is -0.506 e. The van der Waals surface area contributed by atoms with Gasteiger partial charge in [0.05, 0.1) is 18.5 Å².